The molecular weight excluding hydrogens is 465 g/mol. The first-order valence-electron chi connectivity index (χ1n) is 10.3. The molecule has 0 amide bonds. The third-order valence-corrected chi connectivity index (χ3v) is 5.58. The summed E-state index contributed by atoms with van der Waals surface area (Å²) in [6, 6.07) is 9.26. The number of morpholine rings is 1. The zero-order valence-electron chi connectivity index (χ0n) is 17.3. The maximum Gasteiger partial charge on any atom is 0.188 e. The number of hydrogen-bond donors (Lipinski definition) is 2. The van der Waals surface area contributed by atoms with Crippen LogP contribution in [0.4, 0.5) is 0 Å². The van der Waals surface area contributed by atoms with Crippen molar-refractivity contribution >= 4 is 29.9 Å². The number of ether oxygens (including phenoxy) is 1. The summed E-state index contributed by atoms with van der Waals surface area (Å²) in [5.74, 6) is 0.547. The molecular formula is C21H36IN5O. The van der Waals surface area contributed by atoms with Gasteiger partial charge >= 0.3 is 0 Å². The Morgan fingerprint density at radius 1 is 1.32 bits per heavy atom. The molecule has 2 heterocycles. The van der Waals surface area contributed by atoms with Crippen molar-refractivity contribution in [2.45, 2.75) is 51.9 Å². The molecule has 0 spiro atoms. The van der Waals surface area contributed by atoms with Crippen molar-refractivity contribution in [1.29, 1.82) is 0 Å². The lowest BCUT2D eigenvalue weighted by molar-refractivity contribution is -0.0212. The molecule has 0 saturated carbocycles. The Morgan fingerprint density at radius 2 is 2.14 bits per heavy atom. The number of halogens is 1. The molecule has 0 radical (unpaired) electrons. The second-order valence-electron chi connectivity index (χ2n) is 7.74. The molecule has 0 aliphatic carbocycles. The molecule has 6 nitrogen and oxygen atoms in total. The van der Waals surface area contributed by atoms with Gasteiger partial charge in [0.05, 0.1) is 19.3 Å². The average molecular weight is 501 g/mol. The zero-order valence-corrected chi connectivity index (χ0v) is 19.6. The first kappa shape index (κ1) is 23.4. The van der Waals surface area contributed by atoms with Crippen LogP contribution in [0.25, 0.3) is 0 Å². The molecule has 158 valence electrons. The van der Waals surface area contributed by atoms with E-state index in [4.69, 9.17) is 10.5 Å². The van der Waals surface area contributed by atoms with E-state index in [-0.39, 0.29) is 24.0 Å². The average Bonchev–Trinajstić information content (AvgIpc) is 3.13. The van der Waals surface area contributed by atoms with Gasteiger partial charge in [-0.25, -0.2) is 4.99 Å². The van der Waals surface area contributed by atoms with E-state index >= 15 is 0 Å². The van der Waals surface area contributed by atoms with Crippen molar-refractivity contribution < 1.29 is 4.74 Å². The topological polar surface area (TPSA) is 66.1 Å². The van der Waals surface area contributed by atoms with Gasteiger partial charge in [0.15, 0.2) is 5.96 Å². The molecule has 28 heavy (non-hydrogen) atoms. The lowest BCUT2D eigenvalue weighted by atomic mass is 10.1. The lowest BCUT2D eigenvalue weighted by Crippen LogP contribution is -2.42. The SMILES string of the molecule is CCN1CCCC1CNC(N)=NCc1cccc(CN2CCOC(C)C2)c1.I. The molecule has 2 fully saturated rings. The van der Waals surface area contributed by atoms with Gasteiger partial charge in [-0.15, -0.1) is 24.0 Å². The molecule has 2 atom stereocenters. The molecule has 2 saturated heterocycles. The predicted molar refractivity (Wildman–Crippen MR) is 126 cm³/mol. The smallest absolute Gasteiger partial charge is 0.188 e. The summed E-state index contributed by atoms with van der Waals surface area (Å²) in [7, 11) is 0. The maximum atomic E-state index is 6.09. The Labute approximate surface area is 186 Å². The number of hydrogen-bond acceptors (Lipinski definition) is 4. The molecule has 1 aromatic carbocycles. The van der Waals surface area contributed by atoms with Gasteiger partial charge in [-0.05, 0) is 44.0 Å². The van der Waals surface area contributed by atoms with Crippen molar-refractivity contribution in [3.05, 3.63) is 35.4 Å². The van der Waals surface area contributed by atoms with E-state index < -0.39 is 0 Å². The number of likely N-dealkylation sites (tertiary alicyclic amines) is 1. The van der Waals surface area contributed by atoms with Crippen molar-refractivity contribution in [3.63, 3.8) is 0 Å². The van der Waals surface area contributed by atoms with Gasteiger partial charge < -0.3 is 15.8 Å². The zero-order chi connectivity index (χ0) is 19.1. The Bertz CT molecular complexity index is 627. The summed E-state index contributed by atoms with van der Waals surface area (Å²) < 4.78 is 5.62. The van der Waals surface area contributed by atoms with Crippen LogP contribution >= 0.6 is 24.0 Å². The maximum absolute atomic E-state index is 6.09. The number of benzene rings is 1. The summed E-state index contributed by atoms with van der Waals surface area (Å²) in [6.45, 7) is 12.0. The standard InChI is InChI=1S/C21H35N5O.HI/c1-3-26-9-5-8-20(26)14-24-21(22)23-13-18-6-4-7-19(12-18)16-25-10-11-27-17(2)15-25;/h4,6-7,12,17,20H,3,5,8-11,13-16H2,1-2H3,(H3,22,23,24);1H. The fourth-order valence-electron chi connectivity index (χ4n) is 4.12. The minimum Gasteiger partial charge on any atom is -0.376 e. The van der Waals surface area contributed by atoms with Gasteiger partial charge in [-0.3, -0.25) is 9.80 Å². The van der Waals surface area contributed by atoms with Crippen LogP contribution in [0.5, 0.6) is 0 Å². The number of likely N-dealkylation sites (N-methyl/N-ethyl adjacent to an activating group) is 1. The summed E-state index contributed by atoms with van der Waals surface area (Å²) >= 11 is 0. The fourth-order valence-corrected chi connectivity index (χ4v) is 4.12. The molecule has 3 rings (SSSR count). The third-order valence-electron chi connectivity index (χ3n) is 5.58. The van der Waals surface area contributed by atoms with Gasteiger partial charge in [0.25, 0.3) is 0 Å². The number of nitrogens with two attached hydrogens (primary N) is 1. The Morgan fingerprint density at radius 3 is 2.93 bits per heavy atom. The molecule has 2 aliphatic rings. The molecule has 0 aromatic heterocycles. The van der Waals surface area contributed by atoms with E-state index in [1.807, 2.05) is 0 Å². The van der Waals surface area contributed by atoms with Gasteiger partial charge in [0, 0.05) is 32.2 Å². The first-order chi connectivity index (χ1) is 13.1. The van der Waals surface area contributed by atoms with Gasteiger partial charge in [0.1, 0.15) is 0 Å². The fraction of sp³-hybridized carbons (Fsp3) is 0.667. The van der Waals surface area contributed by atoms with Crippen LogP contribution in [0, 0.1) is 0 Å². The molecule has 2 aliphatic heterocycles. The largest absolute Gasteiger partial charge is 0.376 e. The number of guanidine groups is 1. The minimum absolute atomic E-state index is 0. The number of aliphatic imine (C=N–C) groups is 1. The first-order valence-corrected chi connectivity index (χ1v) is 10.3. The van der Waals surface area contributed by atoms with Crippen LogP contribution in [0.2, 0.25) is 0 Å². The highest BCUT2D eigenvalue weighted by atomic mass is 127. The Balaban J connectivity index is 0.00000280. The monoisotopic (exact) mass is 501 g/mol. The number of nitrogens with zero attached hydrogens (tertiary/aromatic N) is 3. The van der Waals surface area contributed by atoms with E-state index in [1.165, 1.54) is 30.5 Å². The van der Waals surface area contributed by atoms with Crippen LogP contribution in [0.1, 0.15) is 37.8 Å². The molecule has 3 N–H and O–H groups in total. The highest BCUT2D eigenvalue weighted by molar-refractivity contribution is 14.0. The van der Waals surface area contributed by atoms with E-state index in [9.17, 15) is 0 Å². The summed E-state index contributed by atoms with van der Waals surface area (Å²) in [5, 5.41) is 3.31. The summed E-state index contributed by atoms with van der Waals surface area (Å²) in [6.07, 6.45) is 2.85. The van der Waals surface area contributed by atoms with E-state index in [0.717, 1.165) is 39.3 Å². The molecule has 0 bridgehead atoms. The van der Waals surface area contributed by atoms with E-state index in [0.29, 0.717) is 24.7 Å². The van der Waals surface area contributed by atoms with Crippen LogP contribution < -0.4 is 11.1 Å². The van der Waals surface area contributed by atoms with Crippen molar-refractivity contribution in [1.82, 2.24) is 15.1 Å². The van der Waals surface area contributed by atoms with Gasteiger partial charge in [0.2, 0.25) is 0 Å². The van der Waals surface area contributed by atoms with Crippen LogP contribution in [-0.4, -0.2) is 67.2 Å². The van der Waals surface area contributed by atoms with E-state index in [1.54, 1.807) is 0 Å². The summed E-state index contributed by atoms with van der Waals surface area (Å²) in [5.41, 5.74) is 8.62. The highest BCUT2D eigenvalue weighted by Gasteiger charge is 2.22. The third kappa shape index (κ3) is 7.17. The highest BCUT2D eigenvalue weighted by Crippen LogP contribution is 2.15. The van der Waals surface area contributed by atoms with Crippen LogP contribution in [0.3, 0.4) is 0 Å². The molecule has 2 unspecified atom stereocenters. The quantitative estimate of drug-likeness (QED) is 0.342. The minimum atomic E-state index is 0. The second-order valence-corrected chi connectivity index (χ2v) is 7.74. The van der Waals surface area contributed by atoms with Crippen LogP contribution in [-0.2, 0) is 17.8 Å². The lowest BCUT2D eigenvalue weighted by Gasteiger charge is -2.31. The normalized spacial score (nSPS) is 24.1. The predicted octanol–water partition coefficient (Wildman–Crippen LogP) is 2.41. The molecule has 7 heteroatoms. The molecule has 1 aromatic rings. The van der Waals surface area contributed by atoms with Gasteiger partial charge in [-0.2, -0.15) is 0 Å². The van der Waals surface area contributed by atoms with Crippen LogP contribution in [0.15, 0.2) is 29.3 Å². The van der Waals surface area contributed by atoms with Crippen molar-refractivity contribution in [2.75, 3.05) is 39.3 Å². The number of nitrogens with one attached hydrogen (secondary N) is 1. The van der Waals surface area contributed by atoms with Gasteiger partial charge in [-0.1, -0.05) is 31.2 Å². The van der Waals surface area contributed by atoms with Crippen molar-refractivity contribution in [2.24, 2.45) is 10.7 Å². The summed E-state index contributed by atoms with van der Waals surface area (Å²) in [4.78, 5) is 9.50. The Hall–Kier alpha value is -0.900. The second kappa shape index (κ2) is 11.9. The van der Waals surface area contributed by atoms with Crippen molar-refractivity contribution in [3.8, 4) is 0 Å². The van der Waals surface area contributed by atoms with E-state index in [2.05, 4.69) is 58.2 Å². The Kier molecular flexibility index (Phi) is 9.98. The number of rotatable bonds is 7.